The number of rotatable bonds is 4. The Morgan fingerprint density at radius 1 is 1.05 bits per heavy atom. The van der Waals surface area contributed by atoms with Crippen LogP contribution in [0.15, 0.2) is 24.3 Å². The van der Waals surface area contributed by atoms with Crippen molar-refractivity contribution in [2.24, 2.45) is 0 Å². The highest BCUT2D eigenvalue weighted by atomic mass is 16.7. The molecule has 0 radical (unpaired) electrons. The van der Waals surface area contributed by atoms with E-state index in [4.69, 9.17) is 9.47 Å². The van der Waals surface area contributed by atoms with Crippen LogP contribution in [0.25, 0.3) is 0 Å². The van der Waals surface area contributed by atoms with E-state index in [1.54, 1.807) is 12.1 Å². The third kappa shape index (κ3) is 3.30. The van der Waals surface area contributed by atoms with Gasteiger partial charge in [-0.05, 0) is 25.5 Å². The number of aliphatic hydroxyl groups excluding tert-OH is 3. The molecule has 1 saturated heterocycles. The molecule has 5 nitrogen and oxygen atoms in total. The number of hydrogen-bond acceptors (Lipinski definition) is 5. The van der Waals surface area contributed by atoms with Crippen LogP contribution < -0.4 is 4.74 Å². The Morgan fingerprint density at radius 2 is 1.70 bits per heavy atom. The topological polar surface area (TPSA) is 79.2 Å². The molecule has 1 heterocycles. The number of aliphatic hydroxyl groups is 3. The van der Waals surface area contributed by atoms with E-state index in [1.165, 1.54) is 0 Å². The van der Waals surface area contributed by atoms with Gasteiger partial charge in [0.25, 0.3) is 0 Å². The fraction of sp³-hybridized carbons (Fsp3) is 0.600. The van der Waals surface area contributed by atoms with Crippen LogP contribution in [0.5, 0.6) is 5.75 Å². The maximum atomic E-state index is 9.95. The Balaban J connectivity index is 2.07. The minimum atomic E-state index is -1.28. The summed E-state index contributed by atoms with van der Waals surface area (Å²) in [5.41, 5.74) is 1.10. The fourth-order valence-electron chi connectivity index (χ4n) is 2.29. The first-order chi connectivity index (χ1) is 9.52. The zero-order valence-electron chi connectivity index (χ0n) is 11.8. The average Bonchev–Trinajstić information content (AvgIpc) is 2.44. The average molecular weight is 282 g/mol. The van der Waals surface area contributed by atoms with Gasteiger partial charge in [0.05, 0.1) is 6.10 Å². The minimum Gasteiger partial charge on any atom is -0.462 e. The second-order valence-corrected chi connectivity index (χ2v) is 5.23. The summed E-state index contributed by atoms with van der Waals surface area (Å²) in [6.07, 6.45) is -3.75. The summed E-state index contributed by atoms with van der Waals surface area (Å²) in [6, 6.07) is 7.33. The monoisotopic (exact) mass is 282 g/mol. The molecule has 112 valence electrons. The van der Waals surface area contributed by atoms with Crippen molar-refractivity contribution in [3.63, 3.8) is 0 Å². The highest BCUT2D eigenvalue weighted by Crippen LogP contribution is 2.26. The van der Waals surface area contributed by atoms with Crippen molar-refractivity contribution < 1.29 is 24.8 Å². The summed E-state index contributed by atoms with van der Waals surface area (Å²) in [6.45, 7) is 3.93. The van der Waals surface area contributed by atoms with Crippen molar-refractivity contribution in [1.29, 1.82) is 0 Å². The van der Waals surface area contributed by atoms with Gasteiger partial charge >= 0.3 is 0 Å². The van der Waals surface area contributed by atoms with Crippen LogP contribution in [0.4, 0.5) is 0 Å². The van der Waals surface area contributed by atoms with Crippen molar-refractivity contribution >= 4 is 0 Å². The molecule has 3 N–H and O–H groups in total. The predicted molar refractivity (Wildman–Crippen MR) is 73.4 cm³/mol. The van der Waals surface area contributed by atoms with E-state index >= 15 is 0 Å². The second-order valence-electron chi connectivity index (χ2n) is 5.23. The summed E-state index contributed by atoms with van der Waals surface area (Å²) in [5, 5.41) is 29.7. The van der Waals surface area contributed by atoms with Crippen molar-refractivity contribution in [3.05, 3.63) is 29.8 Å². The van der Waals surface area contributed by atoms with Gasteiger partial charge in [0.2, 0.25) is 6.29 Å². The first-order valence-corrected chi connectivity index (χ1v) is 6.96. The van der Waals surface area contributed by atoms with E-state index in [2.05, 4.69) is 0 Å². The highest BCUT2D eigenvalue weighted by Gasteiger charge is 2.44. The predicted octanol–water partition coefficient (Wildman–Crippen LogP) is 0.982. The smallest absolute Gasteiger partial charge is 0.229 e. The van der Waals surface area contributed by atoms with E-state index < -0.39 is 30.7 Å². The third-order valence-electron chi connectivity index (χ3n) is 3.51. The number of hydrogen-bond donors (Lipinski definition) is 3. The maximum absolute atomic E-state index is 9.95. The van der Waals surface area contributed by atoms with E-state index in [0.717, 1.165) is 12.0 Å². The lowest BCUT2D eigenvalue weighted by molar-refractivity contribution is -0.273. The Labute approximate surface area is 118 Å². The van der Waals surface area contributed by atoms with Crippen LogP contribution in [0.2, 0.25) is 0 Å². The molecule has 0 aromatic heterocycles. The van der Waals surface area contributed by atoms with Crippen LogP contribution in [0.3, 0.4) is 0 Å². The summed E-state index contributed by atoms with van der Waals surface area (Å²) in [5.74, 6) is 0.554. The summed E-state index contributed by atoms with van der Waals surface area (Å²) < 4.78 is 11.1. The lowest BCUT2D eigenvalue weighted by atomic mass is 9.96. The van der Waals surface area contributed by atoms with Crippen molar-refractivity contribution in [2.75, 3.05) is 0 Å². The van der Waals surface area contributed by atoms with E-state index in [0.29, 0.717) is 12.2 Å². The molecule has 0 amide bonds. The van der Waals surface area contributed by atoms with Gasteiger partial charge in [0.15, 0.2) is 0 Å². The van der Waals surface area contributed by atoms with Crippen LogP contribution >= 0.6 is 0 Å². The van der Waals surface area contributed by atoms with Crippen LogP contribution in [-0.4, -0.2) is 46.0 Å². The minimum absolute atomic E-state index is 0.533. The van der Waals surface area contributed by atoms with Gasteiger partial charge in [-0.25, -0.2) is 0 Å². The first kappa shape index (κ1) is 15.3. The molecular weight excluding hydrogens is 260 g/mol. The summed E-state index contributed by atoms with van der Waals surface area (Å²) in [7, 11) is 0. The molecule has 2 rings (SSSR count). The standard InChI is InChI=1S/C15H22O5/c1-3-4-11-12(16)13(17)14(18)15(20-11)19-10-7-5-9(2)6-8-10/h5-8,11-18H,3-4H2,1-2H3/t11-,12-,13+,14+,15+/m1/s1. The van der Waals surface area contributed by atoms with E-state index in [-0.39, 0.29) is 0 Å². The largest absolute Gasteiger partial charge is 0.462 e. The van der Waals surface area contributed by atoms with Crippen LogP contribution in [0, 0.1) is 6.92 Å². The number of aryl methyl sites for hydroxylation is 1. The number of ether oxygens (including phenoxy) is 2. The Hall–Kier alpha value is -1.14. The van der Waals surface area contributed by atoms with Crippen molar-refractivity contribution in [1.82, 2.24) is 0 Å². The molecule has 0 saturated carbocycles. The van der Waals surface area contributed by atoms with Gasteiger partial charge in [-0.1, -0.05) is 31.0 Å². The zero-order valence-corrected chi connectivity index (χ0v) is 11.8. The van der Waals surface area contributed by atoms with E-state index in [9.17, 15) is 15.3 Å². The molecule has 5 atom stereocenters. The molecular formula is C15H22O5. The Bertz CT molecular complexity index is 419. The molecule has 1 aromatic rings. The fourth-order valence-corrected chi connectivity index (χ4v) is 2.29. The normalized spacial score (nSPS) is 34.0. The molecule has 1 aliphatic rings. The van der Waals surface area contributed by atoms with E-state index in [1.807, 2.05) is 26.0 Å². The maximum Gasteiger partial charge on any atom is 0.229 e. The molecule has 0 spiro atoms. The lowest BCUT2D eigenvalue weighted by Gasteiger charge is -2.40. The molecule has 1 fully saturated rings. The SMILES string of the molecule is CCC[C@H]1O[C@H](Oc2ccc(C)cc2)[C@@H](O)[C@@H](O)[C@@H]1O. The third-order valence-corrected chi connectivity index (χ3v) is 3.51. The lowest BCUT2D eigenvalue weighted by Crippen LogP contribution is -2.59. The van der Waals surface area contributed by atoms with Gasteiger partial charge < -0.3 is 24.8 Å². The summed E-state index contributed by atoms with van der Waals surface area (Å²) >= 11 is 0. The molecule has 20 heavy (non-hydrogen) atoms. The van der Waals surface area contributed by atoms with Gasteiger partial charge in [-0.2, -0.15) is 0 Å². The Kier molecular flexibility index (Phi) is 4.99. The van der Waals surface area contributed by atoms with Gasteiger partial charge in [-0.3, -0.25) is 0 Å². The molecule has 1 aromatic carbocycles. The van der Waals surface area contributed by atoms with Gasteiger partial charge in [0, 0.05) is 0 Å². The molecule has 0 unspecified atom stereocenters. The first-order valence-electron chi connectivity index (χ1n) is 6.96. The Morgan fingerprint density at radius 3 is 2.30 bits per heavy atom. The molecule has 0 bridgehead atoms. The molecule has 0 aliphatic carbocycles. The van der Waals surface area contributed by atoms with Crippen LogP contribution in [-0.2, 0) is 4.74 Å². The molecule has 1 aliphatic heterocycles. The molecule has 5 heteroatoms. The highest BCUT2D eigenvalue weighted by molar-refractivity contribution is 5.26. The number of benzene rings is 1. The van der Waals surface area contributed by atoms with Crippen LogP contribution in [0.1, 0.15) is 25.3 Å². The summed E-state index contributed by atoms with van der Waals surface area (Å²) in [4.78, 5) is 0. The van der Waals surface area contributed by atoms with Gasteiger partial charge in [-0.15, -0.1) is 0 Å². The van der Waals surface area contributed by atoms with Crippen molar-refractivity contribution in [3.8, 4) is 5.75 Å². The van der Waals surface area contributed by atoms with Crippen molar-refractivity contribution in [2.45, 2.75) is 57.4 Å². The van der Waals surface area contributed by atoms with Gasteiger partial charge in [0.1, 0.15) is 24.1 Å². The second kappa shape index (κ2) is 6.54. The quantitative estimate of drug-likeness (QED) is 0.767. The zero-order chi connectivity index (χ0) is 14.7.